The molecule has 2 aliphatic heterocycles. The van der Waals surface area contributed by atoms with Crippen molar-refractivity contribution in [3.8, 4) is 0 Å². The van der Waals surface area contributed by atoms with E-state index in [1.54, 1.807) is 48.8 Å². The van der Waals surface area contributed by atoms with Crippen LogP contribution in [0.25, 0.3) is 0 Å². The van der Waals surface area contributed by atoms with Crippen molar-refractivity contribution in [3.63, 3.8) is 0 Å². The summed E-state index contributed by atoms with van der Waals surface area (Å²) < 4.78 is 25.9. The summed E-state index contributed by atoms with van der Waals surface area (Å²) in [6.45, 7) is 0. The van der Waals surface area contributed by atoms with E-state index in [1.807, 2.05) is 11.0 Å². The average molecular weight is 371 g/mol. The molecule has 1 N–H and O–H groups in total. The van der Waals surface area contributed by atoms with Crippen LogP contribution in [0.2, 0.25) is 0 Å². The number of sulfone groups is 1. The lowest BCUT2D eigenvalue weighted by molar-refractivity contribution is 0.160. The normalized spacial score (nSPS) is 25.1. The second kappa shape index (κ2) is 6.72. The molecule has 7 heteroatoms. The Bertz CT molecular complexity index is 873. The van der Waals surface area contributed by atoms with Gasteiger partial charge in [0, 0.05) is 30.2 Å². The van der Waals surface area contributed by atoms with Crippen LogP contribution in [0.1, 0.15) is 25.7 Å². The topological polar surface area (TPSA) is 79.4 Å². The molecule has 0 spiro atoms. The van der Waals surface area contributed by atoms with Crippen LogP contribution in [0.15, 0.2) is 59.8 Å². The maximum atomic E-state index is 12.9. The Morgan fingerprint density at radius 3 is 2.23 bits per heavy atom. The van der Waals surface area contributed by atoms with Crippen molar-refractivity contribution in [2.75, 3.05) is 5.32 Å². The van der Waals surface area contributed by atoms with Gasteiger partial charge in [-0.3, -0.25) is 4.98 Å². The molecule has 2 amide bonds. The molecule has 2 bridgehead atoms. The molecule has 0 aliphatic carbocycles. The summed E-state index contributed by atoms with van der Waals surface area (Å²) in [5.74, 6) is 0. The van der Waals surface area contributed by atoms with Crippen LogP contribution in [0, 0.1) is 0 Å². The van der Waals surface area contributed by atoms with E-state index in [9.17, 15) is 13.2 Å². The van der Waals surface area contributed by atoms with Crippen LogP contribution in [-0.2, 0) is 9.84 Å². The summed E-state index contributed by atoms with van der Waals surface area (Å²) >= 11 is 0. The number of amides is 2. The predicted octanol–water partition coefficient (Wildman–Crippen LogP) is 3.08. The van der Waals surface area contributed by atoms with E-state index in [-0.39, 0.29) is 18.1 Å². The van der Waals surface area contributed by atoms with E-state index < -0.39 is 15.1 Å². The van der Waals surface area contributed by atoms with Crippen molar-refractivity contribution in [2.24, 2.45) is 0 Å². The van der Waals surface area contributed by atoms with Gasteiger partial charge in [0.05, 0.1) is 10.1 Å². The highest BCUT2D eigenvalue weighted by atomic mass is 32.2. The van der Waals surface area contributed by atoms with Gasteiger partial charge in [-0.2, -0.15) is 0 Å². The van der Waals surface area contributed by atoms with Gasteiger partial charge in [0.15, 0.2) is 9.84 Å². The predicted molar refractivity (Wildman–Crippen MR) is 98.6 cm³/mol. The van der Waals surface area contributed by atoms with E-state index in [0.29, 0.717) is 23.4 Å². The molecule has 136 valence electrons. The maximum Gasteiger partial charge on any atom is 0.322 e. The van der Waals surface area contributed by atoms with Gasteiger partial charge in [0.25, 0.3) is 0 Å². The Morgan fingerprint density at radius 2 is 1.62 bits per heavy atom. The first-order valence-corrected chi connectivity index (χ1v) is 10.4. The fourth-order valence-corrected chi connectivity index (χ4v) is 6.01. The van der Waals surface area contributed by atoms with Gasteiger partial charge in [0.1, 0.15) is 0 Å². The molecule has 2 aliphatic rings. The van der Waals surface area contributed by atoms with E-state index >= 15 is 0 Å². The number of hydrogen-bond donors (Lipinski definition) is 1. The number of piperidine rings is 1. The third-order valence-electron chi connectivity index (χ3n) is 5.37. The molecule has 6 nitrogen and oxygen atoms in total. The largest absolute Gasteiger partial charge is 0.322 e. The third kappa shape index (κ3) is 3.07. The first kappa shape index (κ1) is 17.0. The Kier molecular flexibility index (Phi) is 4.40. The molecule has 1 aromatic carbocycles. The highest BCUT2D eigenvalue weighted by molar-refractivity contribution is 7.92. The van der Waals surface area contributed by atoms with Gasteiger partial charge in [-0.1, -0.05) is 18.2 Å². The van der Waals surface area contributed by atoms with Crippen LogP contribution in [-0.4, -0.2) is 41.7 Å². The smallest absolute Gasteiger partial charge is 0.318 e. The van der Waals surface area contributed by atoms with Crippen LogP contribution in [0.4, 0.5) is 10.5 Å². The fraction of sp³-hybridized carbons (Fsp3) is 0.368. The van der Waals surface area contributed by atoms with Crippen LogP contribution in [0.3, 0.4) is 0 Å². The number of nitrogens with zero attached hydrogens (tertiary/aromatic N) is 2. The van der Waals surface area contributed by atoms with Gasteiger partial charge in [0.2, 0.25) is 0 Å². The lowest BCUT2D eigenvalue weighted by Crippen LogP contribution is -2.51. The number of nitrogens with one attached hydrogen (secondary N) is 1. The number of pyridine rings is 1. The number of aromatic nitrogens is 1. The SMILES string of the molecule is O=C(Nc1ccncc1)N1C2CCC1CC(S(=O)(=O)c1ccccc1)C2. The van der Waals surface area contributed by atoms with Crippen molar-refractivity contribution in [1.29, 1.82) is 0 Å². The number of carbonyl (C=O) groups is 1. The standard InChI is InChI=1S/C19H21N3O3S/c23-19(21-14-8-10-20-11-9-14)22-15-6-7-16(22)13-18(12-15)26(24,25)17-4-2-1-3-5-17/h1-5,8-11,15-16,18H,6-7,12-13H2,(H,20,21,23). The number of fused-ring (bicyclic) bond motifs is 2. The molecule has 2 saturated heterocycles. The summed E-state index contributed by atoms with van der Waals surface area (Å²) in [6, 6.07) is 11.9. The molecule has 4 rings (SSSR count). The molecule has 1 aromatic heterocycles. The number of rotatable bonds is 3. The van der Waals surface area contributed by atoms with Gasteiger partial charge < -0.3 is 10.2 Å². The van der Waals surface area contributed by atoms with Gasteiger partial charge >= 0.3 is 6.03 Å². The van der Waals surface area contributed by atoms with E-state index in [4.69, 9.17) is 0 Å². The van der Waals surface area contributed by atoms with E-state index in [2.05, 4.69) is 10.3 Å². The van der Waals surface area contributed by atoms with Gasteiger partial charge in [-0.05, 0) is 49.9 Å². The highest BCUT2D eigenvalue weighted by Crippen LogP contribution is 2.40. The first-order chi connectivity index (χ1) is 12.6. The summed E-state index contributed by atoms with van der Waals surface area (Å²) in [5, 5.41) is 2.47. The Balaban J connectivity index is 1.50. The summed E-state index contributed by atoms with van der Waals surface area (Å²) in [4.78, 5) is 18.9. The number of carbonyl (C=O) groups excluding carboxylic acids is 1. The van der Waals surface area contributed by atoms with Crippen molar-refractivity contribution in [3.05, 3.63) is 54.9 Å². The minimum Gasteiger partial charge on any atom is -0.318 e. The Hall–Kier alpha value is -2.41. The molecule has 2 unspecified atom stereocenters. The molecule has 2 fully saturated rings. The number of hydrogen-bond acceptors (Lipinski definition) is 4. The quantitative estimate of drug-likeness (QED) is 0.899. The zero-order valence-electron chi connectivity index (χ0n) is 14.3. The zero-order chi connectivity index (χ0) is 18.1. The summed E-state index contributed by atoms with van der Waals surface area (Å²) in [7, 11) is -3.36. The summed E-state index contributed by atoms with van der Waals surface area (Å²) in [6.07, 6.45) is 5.96. The number of anilines is 1. The number of urea groups is 1. The number of benzene rings is 1. The molecule has 0 saturated carbocycles. The average Bonchev–Trinajstić information content (AvgIpc) is 2.93. The van der Waals surface area contributed by atoms with E-state index in [0.717, 1.165) is 12.8 Å². The van der Waals surface area contributed by atoms with Crippen molar-refractivity contribution >= 4 is 21.6 Å². The van der Waals surface area contributed by atoms with Gasteiger partial charge in [-0.15, -0.1) is 0 Å². The molecule has 3 heterocycles. The third-order valence-corrected chi connectivity index (χ3v) is 7.56. The lowest BCUT2D eigenvalue weighted by Gasteiger charge is -2.38. The zero-order valence-corrected chi connectivity index (χ0v) is 15.1. The Labute approximate surface area is 153 Å². The second-order valence-corrected chi connectivity index (χ2v) is 9.14. The minimum atomic E-state index is -3.36. The summed E-state index contributed by atoms with van der Waals surface area (Å²) in [5.41, 5.74) is 0.698. The molecule has 0 radical (unpaired) electrons. The minimum absolute atomic E-state index is 0.0286. The van der Waals surface area contributed by atoms with Crippen molar-refractivity contribution < 1.29 is 13.2 Å². The molecular weight excluding hydrogens is 350 g/mol. The fourth-order valence-electron chi connectivity index (χ4n) is 4.14. The second-order valence-electron chi connectivity index (χ2n) is 6.91. The van der Waals surface area contributed by atoms with Gasteiger partial charge in [-0.25, -0.2) is 13.2 Å². The highest BCUT2D eigenvalue weighted by Gasteiger charge is 2.47. The van der Waals surface area contributed by atoms with E-state index in [1.165, 1.54) is 0 Å². The Morgan fingerprint density at radius 1 is 1.00 bits per heavy atom. The first-order valence-electron chi connectivity index (χ1n) is 8.84. The molecular formula is C19H21N3O3S. The maximum absolute atomic E-state index is 12.9. The lowest BCUT2D eigenvalue weighted by atomic mass is 10.0. The van der Waals surface area contributed by atoms with Crippen LogP contribution >= 0.6 is 0 Å². The van der Waals surface area contributed by atoms with Crippen molar-refractivity contribution in [2.45, 2.75) is 47.9 Å². The monoisotopic (exact) mass is 371 g/mol. The van der Waals surface area contributed by atoms with Crippen LogP contribution in [0.5, 0.6) is 0 Å². The molecule has 2 atom stereocenters. The van der Waals surface area contributed by atoms with Crippen LogP contribution < -0.4 is 5.32 Å². The van der Waals surface area contributed by atoms with Crippen molar-refractivity contribution in [1.82, 2.24) is 9.88 Å². The molecule has 2 aromatic rings. The molecule has 26 heavy (non-hydrogen) atoms.